The van der Waals surface area contributed by atoms with Crippen molar-refractivity contribution in [1.29, 1.82) is 0 Å². The van der Waals surface area contributed by atoms with Gasteiger partial charge in [-0.3, -0.25) is 9.59 Å². The maximum absolute atomic E-state index is 12.5. The van der Waals surface area contributed by atoms with E-state index in [-0.39, 0.29) is 32.2 Å². The van der Waals surface area contributed by atoms with E-state index in [0.29, 0.717) is 16.9 Å². The van der Waals surface area contributed by atoms with Crippen LogP contribution in [0.3, 0.4) is 0 Å². The molecule has 16 rings (SSSR count). The van der Waals surface area contributed by atoms with Crippen molar-refractivity contribution in [3.63, 3.8) is 0 Å². The molecule has 1 aromatic heterocycles. The molecule has 2 N–H and O–H groups in total. The van der Waals surface area contributed by atoms with E-state index < -0.39 is 31.7 Å². The average molecular weight is 1550 g/mol. The van der Waals surface area contributed by atoms with E-state index in [0.717, 1.165) is 27.3 Å². The Morgan fingerprint density at radius 2 is 0.619 bits per heavy atom. The smallest absolute Gasteiger partial charge is 0.256 e. The second kappa shape index (κ2) is 40.1. The second-order valence-corrected chi connectivity index (χ2v) is 33.6. The number of fused-ring (bicyclic) bond motifs is 1. The number of hydrogen-bond acceptors (Lipinski definition) is 4. The maximum Gasteiger partial charge on any atom is 0.256 e. The van der Waals surface area contributed by atoms with Crippen LogP contribution in [-0.4, -0.2) is 18.9 Å². The summed E-state index contributed by atoms with van der Waals surface area (Å²) in [6.07, 6.45) is 1.87. The molecule has 14 aromatic carbocycles. The molecule has 105 heavy (non-hydrogen) atoms. The Morgan fingerprint density at radius 1 is 0.343 bits per heavy atom. The van der Waals surface area contributed by atoms with Gasteiger partial charge in [-0.15, -0.1) is 11.3 Å². The van der Waals surface area contributed by atoms with Crippen molar-refractivity contribution in [2.45, 2.75) is 6.92 Å². The molecule has 2 heterocycles. The minimum Gasteiger partial charge on any atom is -0.496 e. The molecule has 0 fully saturated rings. The summed E-state index contributed by atoms with van der Waals surface area (Å²) in [4.78, 5) is 24.9. The minimum atomic E-state index is -0.446. The molecular weight excluding hydrogens is 1470 g/mol. The molecule has 2 amide bonds. The predicted octanol–water partition coefficient (Wildman–Crippen LogP) is 18.7. The maximum atomic E-state index is 12.5. The number of benzene rings is 14. The first-order chi connectivity index (χ1) is 51.3. The summed E-state index contributed by atoms with van der Waals surface area (Å²) < 4.78 is 5.49. The molecule has 11 heteroatoms. The molecule has 0 atom stereocenters. The molecular formula is C94H78N2O3P4PdS. The van der Waals surface area contributed by atoms with Gasteiger partial charge < -0.3 is 15.4 Å². The number of carbonyl (C=O) groups is 2. The topological polar surface area (TPSA) is 67.4 Å². The fourth-order valence-corrected chi connectivity index (χ4v) is 21.9. The van der Waals surface area contributed by atoms with E-state index in [1.54, 1.807) is 30.6 Å². The number of hydrogen-bond donors (Lipinski definition) is 2. The molecule has 0 bridgehead atoms. The fraction of sp³-hybridized carbons (Fsp3) is 0.0213. The Balaban J connectivity index is 0.000000132. The van der Waals surface area contributed by atoms with E-state index in [9.17, 15) is 9.59 Å². The molecule has 0 saturated heterocycles. The summed E-state index contributed by atoms with van der Waals surface area (Å²) in [5.74, 6) is 0.476. The molecule has 1 aliphatic rings. The van der Waals surface area contributed by atoms with Crippen LogP contribution < -0.4 is 79.0 Å². The Labute approximate surface area is 641 Å². The Kier molecular flexibility index (Phi) is 28.9. The molecule has 5 nitrogen and oxygen atoms in total. The zero-order valence-electron chi connectivity index (χ0n) is 58.2. The van der Waals surface area contributed by atoms with Crippen LogP contribution in [0, 0.1) is 0 Å². The van der Waals surface area contributed by atoms with Gasteiger partial charge in [-0.2, -0.15) is 0 Å². The number of amides is 2. The van der Waals surface area contributed by atoms with Crippen LogP contribution in [0.5, 0.6) is 5.75 Å². The van der Waals surface area contributed by atoms with E-state index in [1.165, 1.54) is 70.6 Å². The third kappa shape index (κ3) is 21.2. The molecule has 0 saturated carbocycles. The molecule has 518 valence electrons. The van der Waals surface area contributed by atoms with Crippen molar-refractivity contribution in [3.05, 3.63) is 429 Å². The first kappa shape index (κ1) is 75.8. The van der Waals surface area contributed by atoms with Crippen LogP contribution in [-0.2, 0) is 30.0 Å². The van der Waals surface area contributed by atoms with Gasteiger partial charge in [0.1, 0.15) is 5.75 Å². The number of methoxy groups -OCH3 is 1. The third-order valence-electron chi connectivity index (χ3n) is 16.6. The molecule has 0 spiro atoms. The Morgan fingerprint density at radius 3 is 0.857 bits per heavy atom. The van der Waals surface area contributed by atoms with Crippen LogP contribution >= 0.6 is 43.0 Å². The van der Waals surface area contributed by atoms with Gasteiger partial charge in [0.15, 0.2) is 0 Å². The third-order valence-corrected chi connectivity index (χ3v) is 27.3. The zero-order valence-corrected chi connectivity index (χ0v) is 64.1. The first-order valence-corrected chi connectivity index (χ1v) is 40.6. The van der Waals surface area contributed by atoms with Crippen molar-refractivity contribution in [3.8, 4) is 16.2 Å². The van der Waals surface area contributed by atoms with Crippen molar-refractivity contribution in [2.24, 2.45) is 0 Å². The van der Waals surface area contributed by atoms with Gasteiger partial charge in [0.25, 0.3) is 5.91 Å². The largest absolute Gasteiger partial charge is 0.496 e. The number of ether oxygens (including phenoxy) is 1. The predicted molar refractivity (Wildman–Crippen MR) is 454 cm³/mol. The van der Waals surface area contributed by atoms with Crippen LogP contribution in [0.4, 0.5) is 11.4 Å². The summed E-state index contributed by atoms with van der Waals surface area (Å²) in [5, 5.41) is 24.4. The van der Waals surface area contributed by atoms with Crippen LogP contribution in [0.15, 0.2) is 418 Å². The fourth-order valence-electron chi connectivity index (χ4n) is 11.9. The normalized spacial score (nSPS) is 11.4. The number of carbonyl (C=O) groups excluding carboxylic acids is 2. The van der Waals surface area contributed by atoms with Crippen LogP contribution in [0.25, 0.3) is 22.1 Å². The van der Waals surface area contributed by atoms with Gasteiger partial charge in [0, 0.05) is 54.6 Å². The van der Waals surface area contributed by atoms with Gasteiger partial charge in [-0.05, 0) is 143 Å². The number of thiophene rings is 1. The van der Waals surface area contributed by atoms with Gasteiger partial charge in [0.2, 0.25) is 5.91 Å². The Bertz CT molecular complexity index is 4240. The molecule has 1 aliphatic heterocycles. The summed E-state index contributed by atoms with van der Waals surface area (Å²) in [7, 11) is -0.133. The zero-order chi connectivity index (χ0) is 71.3. The van der Waals surface area contributed by atoms with Gasteiger partial charge in [-0.25, -0.2) is 0 Å². The minimum absolute atomic E-state index is 0. The van der Waals surface area contributed by atoms with Crippen molar-refractivity contribution >= 4 is 142 Å². The SMILES string of the molecule is COc1ccc(C=C2C(=O)Nc3cc(NC(C)=O)ccc32)cc1-c1cccs1.[Pd].c1ccc(P(c2ccccc2)c2ccccc2)cc1.c1ccc(P(c2ccccc2)c2ccccc2)cc1.c1ccc(P(c2ccccc2)c2ccccc2)cc1.c1ccc(P(c2ccccc2)c2ccccc2)cc1. The van der Waals surface area contributed by atoms with Crippen molar-refractivity contribution < 1.29 is 34.7 Å². The first-order valence-electron chi connectivity index (χ1n) is 34.3. The van der Waals surface area contributed by atoms with E-state index >= 15 is 0 Å². The summed E-state index contributed by atoms with van der Waals surface area (Å²) in [6.45, 7) is 1.45. The van der Waals surface area contributed by atoms with Crippen LogP contribution in [0.2, 0.25) is 0 Å². The molecule has 0 aliphatic carbocycles. The standard InChI is InChI=1S/C22H18N2O3S.4C18H15P.Pd/c1-13(25)23-15-6-7-16-17(22(26)24-19(16)12-15)10-14-5-8-20(27-2)18(11-14)21-4-3-9-28-21;4*1-4-10-16(11-5-1)19(17-12-6-2-7-13-17)18-14-8-3-9-15-18;/h3-12H,1-2H3,(H,23,25)(H,24,26);4*1-15H;. The number of anilines is 2. The molecule has 15 aromatic rings. The van der Waals surface area contributed by atoms with Crippen LogP contribution in [0.1, 0.15) is 18.1 Å². The van der Waals surface area contributed by atoms with Gasteiger partial charge in [-0.1, -0.05) is 382 Å². The monoisotopic (exact) mass is 1540 g/mol. The van der Waals surface area contributed by atoms with Gasteiger partial charge >= 0.3 is 0 Å². The Hall–Kier alpha value is -10.4. The quantitative estimate of drug-likeness (QED) is 0.0575. The van der Waals surface area contributed by atoms with Crippen molar-refractivity contribution in [1.82, 2.24) is 0 Å². The average Bonchev–Trinajstić information content (AvgIpc) is 1.55. The van der Waals surface area contributed by atoms with E-state index in [2.05, 4.69) is 375 Å². The number of rotatable bonds is 16. The van der Waals surface area contributed by atoms with Gasteiger partial charge in [0.05, 0.1) is 12.8 Å². The second-order valence-electron chi connectivity index (χ2n) is 23.8. The summed E-state index contributed by atoms with van der Waals surface area (Å²) in [5.41, 5.74) is 4.64. The number of nitrogens with one attached hydrogen (secondary N) is 2. The summed E-state index contributed by atoms with van der Waals surface area (Å²) >= 11 is 1.64. The molecule has 0 unspecified atom stereocenters. The van der Waals surface area contributed by atoms with Crippen molar-refractivity contribution in [2.75, 3.05) is 17.7 Å². The van der Waals surface area contributed by atoms with E-state index in [1.807, 2.05) is 47.9 Å². The summed E-state index contributed by atoms with van der Waals surface area (Å²) in [6, 6.07) is 145. The molecule has 0 radical (unpaired) electrons. The van der Waals surface area contributed by atoms with E-state index in [4.69, 9.17) is 4.74 Å².